The summed E-state index contributed by atoms with van der Waals surface area (Å²) in [7, 11) is 0. The van der Waals surface area contributed by atoms with Crippen LogP contribution in [-0.2, 0) is 11.3 Å². The zero-order valence-corrected chi connectivity index (χ0v) is 21.6. The van der Waals surface area contributed by atoms with E-state index in [0.717, 1.165) is 5.56 Å². The highest BCUT2D eigenvalue weighted by Crippen LogP contribution is 2.32. The summed E-state index contributed by atoms with van der Waals surface area (Å²) >= 11 is 0. The monoisotopic (exact) mass is 541 g/mol. The molecule has 4 heterocycles. The number of piperazine rings is 1. The molecule has 1 N–H and O–H groups in total. The summed E-state index contributed by atoms with van der Waals surface area (Å²) in [5, 5.41) is 2.99. The Morgan fingerprint density at radius 1 is 1.02 bits per heavy atom. The van der Waals surface area contributed by atoms with Gasteiger partial charge >= 0.3 is 6.09 Å². The van der Waals surface area contributed by atoms with E-state index >= 15 is 0 Å². The maximum atomic E-state index is 13.1. The van der Waals surface area contributed by atoms with Crippen LogP contribution in [0.2, 0.25) is 0 Å². The van der Waals surface area contributed by atoms with Crippen molar-refractivity contribution >= 4 is 17.8 Å². The fourth-order valence-electron chi connectivity index (χ4n) is 4.69. The number of aromatic nitrogens is 4. The lowest BCUT2D eigenvalue weighted by atomic mass is 10.1. The lowest BCUT2D eigenvalue weighted by Crippen LogP contribution is -2.57. The van der Waals surface area contributed by atoms with Crippen LogP contribution >= 0.6 is 0 Å². The smallest absolute Gasteiger partial charge is 0.415 e. The second kappa shape index (κ2) is 11.3. The molecular formula is C28H27N7O5. The Balaban J connectivity index is 1.17. The normalized spacial score (nSPS) is 16.1. The summed E-state index contributed by atoms with van der Waals surface area (Å²) < 4.78 is 18.1. The van der Waals surface area contributed by atoms with Gasteiger partial charge in [0.1, 0.15) is 17.9 Å². The minimum Gasteiger partial charge on any atom is -0.454 e. The molecule has 0 saturated carbocycles. The number of para-hydroxylation sites is 1. The molecule has 204 valence electrons. The highest BCUT2D eigenvalue weighted by atomic mass is 16.7. The number of hydrogen-bond acceptors (Lipinski definition) is 9. The average Bonchev–Trinajstić information content (AvgIpc) is 3.69. The average molecular weight is 542 g/mol. The first kappa shape index (κ1) is 25.2. The number of ether oxygens (including phenoxy) is 3. The van der Waals surface area contributed by atoms with Gasteiger partial charge in [0.05, 0.1) is 6.04 Å². The maximum absolute atomic E-state index is 13.1. The highest BCUT2D eigenvalue weighted by molar-refractivity contribution is 5.78. The van der Waals surface area contributed by atoms with Crippen molar-refractivity contribution in [1.29, 1.82) is 0 Å². The van der Waals surface area contributed by atoms with E-state index < -0.39 is 6.09 Å². The van der Waals surface area contributed by atoms with Crippen molar-refractivity contribution in [3.8, 4) is 23.2 Å². The second-order valence-electron chi connectivity index (χ2n) is 9.33. The van der Waals surface area contributed by atoms with Crippen molar-refractivity contribution in [1.82, 2.24) is 29.7 Å². The third-order valence-electron chi connectivity index (χ3n) is 6.69. The topological polar surface area (TPSA) is 124 Å². The van der Waals surface area contributed by atoms with Gasteiger partial charge in [-0.05, 0) is 35.9 Å². The Morgan fingerprint density at radius 3 is 2.75 bits per heavy atom. The van der Waals surface area contributed by atoms with Gasteiger partial charge in [0.2, 0.25) is 18.6 Å². The van der Waals surface area contributed by atoms with Gasteiger partial charge in [-0.15, -0.1) is 0 Å². The van der Waals surface area contributed by atoms with Crippen LogP contribution in [0.25, 0.3) is 5.95 Å². The molecule has 1 atom stereocenters. The van der Waals surface area contributed by atoms with E-state index in [1.807, 2.05) is 29.2 Å². The Morgan fingerprint density at radius 2 is 1.90 bits per heavy atom. The third kappa shape index (κ3) is 5.65. The van der Waals surface area contributed by atoms with Gasteiger partial charge in [0.15, 0.2) is 11.5 Å². The first-order valence-electron chi connectivity index (χ1n) is 12.9. The summed E-state index contributed by atoms with van der Waals surface area (Å²) in [5.41, 5.74) is 0.895. The zero-order chi connectivity index (χ0) is 27.3. The first-order valence-corrected chi connectivity index (χ1v) is 12.9. The van der Waals surface area contributed by atoms with Gasteiger partial charge in [-0.25, -0.2) is 14.8 Å². The number of nitrogens with zero attached hydrogens (tertiary/aromatic N) is 6. The fraction of sp³-hybridized carbons (Fsp3) is 0.250. The van der Waals surface area contributed by atoms with E-state index in [-0.39, 0.29) is 31.7 Å². The summed E-state index contributed by atoms with van der Waals surface area (Å²) in [6.07, 6.45) is 6.39. The van der Waals surface area contributed by atoms with Crippen LogP contribution < -0.4 is 24.4 Å². The largest absolute Gasteiger partial charge is 0.454 e. The van der Waals surface area contributed by atoms with Gasteiger partial charge in [-0.2, -0.15) is 4.98 Å². The van der Waals surface area contributed by atoms with E-state index in [9.17, 15) is 9.59 Å². The molecule has 2 aromatic heterocycles. The lowest BCUT2D eigenvalue weighted by molar-refractivity contribution is -0.121. The molecule has 2 amide bonds. The standard InChI is InChI=1S/C28H27N7O5/c36-26(31-16-20-6-7-23-24(14-20)39-19-38-23)15-21-17-33(28(37)40-22-4-2-1-3-5-22)12-13-35(21)25-8-9-30-27(32-25)34-11-10-29-18-34/h1-11,14,18,21H,12-13,15-17,19H2,(H,31,36). The molecule has 12 heteroatoms. The first-order chi connectivity index (χ1) is 19.6. The van der Waals surface area contributed by atoms with Crippen LogP contribution in [0.5, 0.6) is 17.2 Å². The van der Waals surface area contributed by atoms with E-state index in [1.54, 1.807) is 64.7 Å². The Kier molecular flexibility index (Phi) is 7.12. The molecule has 1 unspecified atom stereocenters. The number of carbonyl (C=O) groups is 2. The summed E-state index contributed by atoms with van der Waals surface area (Å²) in [4.78, 5) is 42.9. The predicted molar refractivity (Wildman–Crippen MR) is 143 cm³/mol. The Hall–Kier alpha value is -5.13. The van der Waals surface area contributed by atoms with Crippen LogP contribution in [0.4, 0.5) is 10.6 Å². The SMILES string of the molecule is O=C(CC1CN(C(=O)Oc2ccccc2)CCN1c1ccnc(-n2ccnc2)n1)NCc1ccc2c(c1)OCO2. The highest BCUT2D eigenvalue weighted by Gasteiger charge is 2.33. The molecule has 1 saturated heterocycles. The van der Waals surface area contributed by atoms with Crippen LogP contribution in [0.15, 0.2) is 79.5 Å². The second-order valence-corrected chi connectivity index (χ2v) is 9.33. The van der Waals surface area contributed by atoms with Gasteiger partial charge in [-0.1, -0.05) is 24.3 Å². The van der Waals surface area contributed by atoms with Crippen molar-refractivity contribution in [2.75, 3.05) is 31.3 Å². The van der Waals surface area contributed by atoms with E-state index in [0.29, 0.717) is 48.6 Å². The number of fused-ring (bicyclic) bond motifs is 1. The number of benzene rings is 2. The van der Waals surface area contributed by atoms with Crippen molar-refractivity contribution in [2.45, 2.75) is 19.0 Å². The number of hydrogen-bond donors (Lipinski definition) is 1. The molecule has 4 aromatic rings. The van der Waals surface area contributed by atoms with Crippen LogP contribution in [-0.4, -0.2) is 68.9 Å². The van der Waals surface area contributed by atoms with Crippen molar-refractivity contribution < 1.29 is 23.8 Å². The molecule has 0 bridgehead atoms. The van der Waals surface area contributed by atoms with Crippen molar-refractivity contribution in [3.05, 3.63) is 85.1 Å². The van der Waals surface area contributed by atoms with Crippen LogP contribution in [0.3, 0.4) is 0 Å². The summed E-state index contributed by atoms with van der Waals surface area (Å²) in [5.74, 6) is 2.78. The van der Waals surface area contributed by atoms with Crippen LogP contribution in [0, 0.1) is 0 Å². The fourth-order valence-corrected chi connectivity index (χ4v) is 4.69. The molecule has 40 heavy (non-hydrogen) atoms. The molecule has 0 radical (unpaired) electrons. The molecule has 0 spiro atoms. The molecule has 2 aliphatic heterocycles. The number of anilines is 1. The molecule has 1 fully saturated rings. The molecule has 12 nitrogen and oxygen atoms in total. The number of carbonyl (C=O) groups excluding carboxylic acids is 2. The van der Waals surface area contributed by atoms with Gasteiger partial charge < -0.3 is 29.3 Å². The Labute approximate surface area is 230 Å². The number of imidazole rings is 1. The van der Waals surface area contributed by atoms with Gasteiger partial charge in [0, 0.05) is 51.2 Å². The number of nitrogens with one attached hydrogen (secondary N) is 1. The van der Waals surface area contributed by atoms with Crippen molar-refractivity contribution in [3.63, 3.8) is 0 Å². The summed E-state index contributed by atoms with van der Waals surface area (Å²) in [6.45, 7) is 1.68. The summed E-state index contributed by atoms with van der Waals surface area (Å²) in [6, 6.07) is 16.0. The number of amides is 2. The predicted octanol–water partition coefficient (Wildman–Crippen LogP) is 2.79. The van der Waals surface area contributed by atoms with E-state index in [2.05, 4.69) is 15.3 Å². The number of rotatable bonds is 7. The van der Waals surface area contributed by atoms with Gasteiger partial charge in [0.25, 0.3) is 0 Å². The maximum Gasteiger partial charge on any atom is 0.415 e. The molecule has 0 aliphatic carbocycles. The molecule has 2 aliphatic rings. The quantitative estimate of drug-likeness (QED) is 0.376. The van der Waals surface area contributed by atoms with Crippen molar-refractivity contribution in [2.24, 2.45) is 0 Å². The molecule has 6 rings (SSSR count). The minimum absolute atomic E-state index is 0.143. The van der Waals surface area contributed by atoms with E-state index in [4.69, 9.17) is 19.2 Å². The lowest BCUT2D eigenvalue weighted by Gasteiger charge is -2.41. The minimum atomic E-state index is -0.460. The molecular weight excluding hydrogens is 514 g/mol. The Bertz CT molecular complexity index is 1480. The zero-order valence-electron chi connectivity index (χ0n) is 21.6. The van der Waals surface area contributed by atoms with Crippen LogP contribution in [0.1, 0.15) is 12.0 Å². The van der Waals surface area contributed by atoms with Gasteiger partial charge in [-0.3, -0.25) is 9.36 Å². The van der Waals surface area contributed by atoms with E-state index in [1.165, 1.54) is 0 Å². The molecule has 2 aromatic carbocycles. The third-order valence-corrected chi connectivity index (χ3v) is 6.69.